The van der Waals surface area contributed by atoms with Crippen LogP contribution in [-0.4, -0.2) is 13.5 Å². The molecule has 0 aliphatic heterocycles. The molecule has 1 aliphatic rings. The number of ether oxygens (including phenoxy) is 1. The van der Waals surface area contributed by atoms with Gasteiger partial charge < -0.3 is 4.74 Å². The number of rotatable bonds is 8. The van der Waals surface area contributed by atoms with Crippen molar-refractivity contribution in [2.45, 2.75) is 65.2 Å². The van der Waals surface area contributed by atoms with Gasteiger partial charge in [0.25, 0.3) is 0 Å². The van der Waals surface area contributed by atoms with E-state index in [1.54, 1.807) is 0 Å². The van der Waals surface area contributed by atoms with Crippen LogP contribution in [0.5, 0.6) is 0 Å². The lowest BCUT2D eigenvalue weighted by Gasteiger charge is -2.32. The van der Waals surface area contributed by atoms with Gasteiger partial charge in [0.15, 0.2) is 6.86 Å². The average molecular weight is 244 g/mol. The zero-order chi connectivity index (χ0) is 12.5. The first kappa shape index (κ1) is 14.9. The Morgan fingerprint density at radius 3 is 2.47 bits per heavy atom. The molecule has 102 valence electrons. The van der Waals surface area contributed by atoms with E-state index in [1.165, 1.54) is 44.9 Å². The monoisotopic (exact) mass is 244 g/mol. The maximum absolute atomic E-state index is 11.8. The summed E-state index contributed by atoms with van der Waals surface area (Å²) in [6, 6.07) is 0. The molecule has 0 saturated heterocycles. The lowest BCUT2D eigenvalue weighted by Crippen LogP contribution is -2.21. The van der Waals surface area contributed by atoms with Crippen LogP contribution in [0.4, 0.5) is 4.39 Å². The van der Waals surface area contributed by atoms with Crippen LogP contribution in [0, 0.1) is 17.8 Å². The first-order valence-electron chi connectivity index (χ1n) is 7.41. The molecule has 0 heterocycles. The summed E-state index contributed by atoms with van der Waals surface area (Å²) >= 11 is 0. The highest BCUT2D eigenvalue weighted by atomic mass is 19.1. The van der Waals surface area contributed by atoms with Crippen LogP contribution >= 0.6 is 0 Å². The zero-order valence-corrected chi connectivity index (χ0v) is 11.6. The van der Waals surface area contributed by atoms with Gasteiger partial charge in [0.05, 0.1) is 0 Å². The van der Waals surface area contributed by atoms with E-state index < -0.39 is 6.86 Å². The molecule has 0 N–H and O–H groups in total. The van der Waals surface area contributed by atoms with Crippen LogP contribution in [0.2, 0.25) is 0 Å². The summed E-state index contributed by atoms with van der Waals surface area (Å²) in [4.78, 5) is 0. The second-order valence-corrected chi connectivity index (χ2v) is 5.73. The predicted molar refractivity (Wildman–Crippen MR) is 70.7 cm³/mol. The summed E-state index contributed by atoms with van der Waals surface area (Å²) in [5.74, 6) is 2.72. The van der Waals surface area contributed by atoms with Crippen molar-refractivity contribution in [1.29, 1.82) is 0 Å². The third-order valence-corrected chi connectivity index (χ3v) is 4.33. The smallest absolute Gasteiger partial charge is 0.188 e. The first-order chi connectivity index (χ1) is 8.27. The predicted octanol–water partition coefficient (Wildman–Crippen LogP) is 4.95. The molecule has 1 rings (SSSR count). The lowest BCUT2D eigenvalue weighted by molar-refractivity contribution is 0.0509. The van der Waals surface area contributed by atoms with Crippen molar-refractivity contribution in [2.75, 3.05) is 13.5 Å². The van der Waals surface area contributed by atoms with E-state index in [2.05, 4.69) is 13.8 Å². The summed E-state index contributed by atoms with van der Waals surface area (Å²) in [6.45, 7) is 4.62. The molecule has 1 aliphatic carbocycles. The Morgan fingerprint density at radius 2 is 1.88 bits per heavy atom. The van der Waals surface area contributed by atoms with Gasteiger partial charge in [-0.05, 0) is 43.4 Å². The summed E-state index contributed by atoms with van der Waals surface area (Å²) < 4.78 is 16.6. The third-order valence-electron chi connectivity index (χ3n) is 4.33. The van der Waals surface area contributed by atoms with E-state index in [0.29, 0.717) is 6.61 Å². The van der Waals surface area contributed by atoms with Gasteiger partial charge in [-0.1, -0.05) is 39.5 Å². The zero-order valence-electron chi connectivity index (χ0n) is 11.6. The van der Waals surface area contributed by atoms with Crippen molar-refractivity contribution < 1.29 is 9.13 Å². The number of halogens is 1. The highest BCUT2D eigenvalue weighted by molar-refractivity contribution is 4.76. The Labute approximate surface area is 106 Å². The van der Waals surface area contributed by atoms with Crippen LogP contribution in [0.3, 0.4) is 0 Å². The van der Waals surface area contributed by atoms with Crippen molar-refractivity contribution in [2.24, 2.45) is 17.8 Å². The Kier molecular flexibility index (Phi) is 7.83. The second-order valence-electron chi connectivity index (χ2n) is 5.73. The highest BCUT2D eigenvalue weighted by Crippen LogP contribution is 2.37. The minimum Gasteiger partial charge on any atom is -0.350 e. The van der Waals surface area contributed by atoms with Gasteiger partial charge in [0.2, 0.25) is 0 Å². The van der Waals surface area contributed by atoms with Gasteiger partial charge in [-0.3, -0.25) is 0 Å². The van der Waals surface area contributed by atoms with E-state index >= 15 is 0 Å². The van der Waals surface area contributed by atoms with Gasteiger partial charge in [0.1, 0.15) is 0 Å². The Hall–Kier alpha value is -0.110. The van der Waals surface area contributed by atoms with Crippen molar-refractivity contribution in [3.8, 4) is 0 Å². The molecule has 0 radical (unpaired) electrons. The maximum Gasteiger partial charge on any atom is 0.188 e. The topological polar surface area (TPSA) is 9.23 Å². The molecule has 0 aromatic carbocycles. The number of hydrogen-bond acceptors (Lipinski definition) is 1. The molecule has 1 saturated carbocycles. The molecule has 1 atom stereocenters. The Morgan fingerprint density at radius 1 is 1.18 bits per heavy atom. The molecule has 1 fully saturated rings. The molecule has 0 aromatic rings. The van der Waals surface area contributed by atoms with Crippen LogP contribution in [0.1, 0.15) is 65.2 Å². The molecule has 17 heavy (non-hydrogen) atoms. The van der Waals surface area contributed by atoms with Crippen LogP contribution in [0.15, 0.2) is 0 Å². The van der Waals surface area contributed by atoms with E-state index in [-0.39, 0.29) is 0 Å². The summed E-state index contributed by atoms with van der Waals surface area (Å²) in [7, 11) is 0. The van der Waals surface area contributed by atoms with Gasteiger partial charge in [-0.25, -0.2) is 4.39 Å². The number of alkyl halides is 1. The third kappa shape index (κ3) is 5.85. The summed E-state index contributed by atoms with van der Waals surface area (Å²) in [5, 5.41) is 0. The van der Waals surface area contributed by atoms with Gasteiger partial charge >= 0.3 is 0 Å². The SMILES string of the molecule is CCCC(CCCOCF)C1CCC(C)CC1. The average Bonchev–Trinajstić information content (AvgIpc) is 2.34. The van der Waals surface area contributed by atoms with Crippen LogP contribution in [-0.2, 0) is 4.74 Å². The fourth-order valence-electron chi connectivity index (χ4n) is 3.25. The quantitative estimate of drug-likeness (QED) is 0.549. The largest absolute Gasteiger partial charge is 0.350 e. The van der Waals surface area contributed by atoms with Crippen molar-refractivity contribution in [3.63, 3.8) is 0 Å². The minimum absolute atomic E-state index is 0.597. The van der Waals surface area contributed by atoms with E-state index in [1.807, 2.05) is 0 Å². The van der Waals surface area contributed by atoms with Crippen molar-refractivity contribution in [3.05, 3.63) is 0 Å². The molecular formula is C15H29FO. The second kappa shape index (κ2) is 8.91. The maximum atomic E-state index is 11.8. The van der Waals surface area contributed by atoms with Crippen molar-refractivity contribution >= 4 is 0 Å². The van der Waals surface area contributed by atoms with Gasteiger partial charge in [-0.2, -0.15) is 0 Å². The molecule has 0 aromatic heterocycles. The molecule has 2 heteroatoms. The van der Waals surface area contributed by atoms with Crippen molar-refractivity contribution in [1.82, 2.24) is 0 Å². The van der Waals surface area contributed by atoms with E-state index in [4.69, 9.17) is 4.74 Å². The molecule has 0 amide bonds. The van der Waals surface area contributed by atoms with Gasteiger partial charge in [-0.15, -0.1) is 0 Å². The standard InChI is InChI=1S/C15H29FO/c1-3-5-14(6-4-11-17-12-16)15-9-7-13(2)8-10-15/h13-15H,3-12H2,1-2H3. The molecular weight excluding hydrogens is 215 g/mol. The normalized spacial score (nSPS) is 27.0. The first-order valence-corrected chi connectivity index (χ1v) is 7.41. The van der Waals surface area contributed by atoms with Crippen LogP contribution in [0.25, 0.3) is 0 Å². The molecule has 0 spiro atoms. The molecule has 1 nitrogen and oxygen atoms in total. The lowest BCUT2D eigenvalue weighted by atomic mass is 9.73. The summed E-state index contributed by atoms with van der Waals surface area (Å²) in [5.41, 5.74) is 0. The van der Waals surface area contributed by atoms with E-state index in [9.17, 15) is 4.39 Å². The van der Waals surface area contributed by atoms with E-state index in [0.717, 1.165) is 24.2 Å². The minimum atomic E-state index is -0.626. The van der Waals surface area contributed by atoms with Gasteiger partial charge in [0, 0.05) is 6.61 Å². The molecule has 1 unspecified atom stereocenters. The molecule has 0 bridgehead atoms. The fraction of sp³-hybridized carbons (Fsp3) is 1.00. The fourth-order valence-corrected chi connectivity index (χ4v) is 3.25. The highest BCUT2D eigenvalue weighted by Gasteiger charge is 2.25. The summed E-state index contributed by atoms with van der Waals surface area (Å²) in [6.07, 6.45) is 10.5. The number of hydrogen-bond donors (Lipinski definition) is 0. The van der Waals surface area contributed by atoms with Crippen LogP contribution < -0.4 is 0 Å². The Balaban J connectivity index is 2.26. The Bertz CT molecular complexity index is 176.